The van der Waals surface area contributed by atoms with Crippen molar-refractivity contribution in [3.63, 3.8) is 0 Å². The highest BCUT2D eigenvalue weighted by Gasteiger charge is 2.74. The van der Waals surface area contributed by atoms with Crippen LogP contribution in [0.15, 0.2) is 57.8 Å². The van der Waals surface area contributed by atoms with E-state index in [9.17, 15) is 14.4 Å². The zero-order valence-electron chi connectivity index (χ0n) is 20.4. The largest absolute Gasteiger partial charge is 0.482 e. The molecule has 3 heterocycles. The molecule has 7 rings (SSSR count). The summed E-state index contributed by atoms with van der Waals surface area (Å²) in [5, 5.41) is 4.06. The maximum absolute atomic E-state index is 13.9. The van der Waals surface area contributed by atoms with Gasteiger partial charge in [0.1, 0.15) is 5.78 Å². The van der Waals surface area contributed by atoms with Crippen molar-refractivity contribution in [2.24, 2.45) is 38.6 Å². The van der Waals surface area contributed by atoms with E-state index in [0.29, 0.717) is 6.42 Å². The molecule has 36 heavy (non-hydrogen) atoms. The molecular formula is C28H29N3O4S. The van der Waals surface area contributed by atoms with Gasteiger partial charge in [-0.1, -0.05) is 43.3 Å². The van der Waals surface area contributed by atoms with Gasteiger partial charge in [0.15, 0.2) is 28.5 Å². The van der Waals surface area contributed by atoms with Crippen LogP contribution in [0.2, 0.25) is 0 Å². The third-order valence-corrected chi connectivity index (χ3v) is 10.9. The predicted molar refractivity (Wildman–Crippen MR) is 138 cm³/mol. The lowest BCUT2D eigenvalue weighted by Gasteiger charge is -2.57. The molecule has 0 spiro atoms. The number of dihydropyridines is 1. The average molecular weight is 504 g/mol. The van der Waals surface area contributed by atoms with Gasteiger partial charge in [-0.05, 0) is 49.3 Å². The standard InChI is InChI=1S/C28H29N3O4S/c1-26-8-7-17(32)10-15(26)5-6-18-19-11-16-13-35-28(16,27(19,2)12-21(33)23(18)26)22(34)14-36-25-30-20-4-3-9-29-24(20)31-25/h3-4,7-10,13,18-20,23-24H,5-6,11-12,14H2,1-2H3,(H,30,31)/t18?,19?,20?,23?,24?,26?,27?,28-/m0/s1. The highest BCUT2D eigenvalue weighted by molar-refractivity contribution is 8.14. The van der Waals surface area contributed by atoms with Crippen LogP contribution in [0.4, 0.5) is 0 Å². The molecular weight excluding hydrogens is 474 g/mol. The van der Waals surface area contributed by atoms with Crippen molar-refractivity contribution in [2.75, 3.05) is 5.75 Å². The number of hydrogen-bond donors (Lipinski definition) is 1. The minimum absolute atomic E-state index is 0.0111. The number of nitrogens with one attached hydrogen (secondary N) is 1. The summed E-state index contributed by atoms with van der Waals surface area (Å²) in [5.41, 5.74) is 0.114. The monoisotopic (exact) mass is 503 g/mol. The number of ketones is 3. The van der Waals surface area contributed by atoms with Gasteiger partial charge in [0.2, 0.25) is 0 Å². The lowest BCUT2D eigenvalue weighted by molar-refractivity contribution is -0.168. The molecule has 3 saturated carbocycles. The first kappa shape index (κ1) is 22.5. The van der Waals surface area contributed by atoms with Gasteiger partial charge in [0.05, 0.1) is 18.1 Å². The average Bonchev–Trinajstić information content (AvgIpc) is 3.31. The van der Waals surface area contributed by atoms with Crippen LogP contribution in [0.1, 0.15) is 39.5 Å². The number of nitrogens with zero attached hydrogens (tertiary/aromatic N) is 2. The second-order valence-electron chi connectivity index (χ2n) is 11.6. The van der Waals surface area contributed by atoms with E-state index in [0.717, 1.165) is 35.6 Å². The Hall–Kier alpha value is -2.74. The van der Waals surface area contributed by atoms with E-state index in [2.05, 4.69) is 29.1 Å². The third kappa shape index (κ3) is 2.74. The number of rotatable bonds is 3. The minimum Gasteiger partial charge on any atom is -0.482 e. The molecule has 3 aliphatic heterocycles. The molecule has 0 aromatic rings. The number of fused-ring (bicyclic) bond motifs is 8. The molecule has 7 unspecified atom stereocenters. The van der Waals surface area contributed by atoms with Crippen LogP contribution in [-0.2, 0) is 19.1 Å². The number of aliphatic imine (C=N–C) groups is 2. The molecule has 0 amide bonds. The molecule has 0 bridgehead atoms. The van der Waals surface area contributed by atoms with E-state index in [4.69, 9.17) is 4.74 Å². The molecule has 186 valence electrons. The molecule has 0 radical (unpaired) electrons. The summed E-state index contributed by atoms with van der Waals surface area (Å²) in [4.78, 5) is 48.8. The van der Waals surface area contributed by atoms with Crippen LogP contribution in [-0.4, -0.2) is 52.3 Å². The Bertz CT molecular complexity index is 1290. The molecule has 3 fully saturated rings. The van der Waals surface area contributed by atoms with E-state index in [1.54, 1.807) is 24.6 Å². The van der Waals surface area contributed by atoms with Gasteiger partial charge >= 0.3 is 0 Å². The zero-order chi connectivity index (χ0) is 24.9. The van der Waals surface area contributed by atoms with E-state index < -0.39 is 16.4 Å². The number of ether oxygens (including phenoxy) is 1. The van der Waals surface area contributed by atoms with Crippen LogP contribution in [0.5, 0.6) is 0 Å². The Balaban J connectivity index is 1.15. The first-order chi connectivity index (χ1) is 17.3. The summed E-state index contributed by atoms with van der Waals surface area (Å²) in [7, 11) is 0. The molecule has 7 nitrogen and oxygen atoms in total. The highest BCUT2D eigenvalue weighted by Crippen LogP contribution is 2.70. The first-order valence-electron chi connectivity index (χ1n) is 12.8. The highest BCUT2D eigenvalue weighted by atomic mass is 32.2. The van der Waals surface area contributed by atoms with E-state index >= 15 is 0 Å². The van der Waals surface area contributed by atoms with E-state index in [1.165, 1.54) is 11.8 Å². The topological polar surface area (TPSA) is 97.2 Å². The van der Waals surface area contributed by atoms with Gasteiger partial charge < -0.3 is 10.1 Å². The summed E-state index contributed by atoms with van der Waals surface area (Å²) in [6.45, 7) is 4.21. The Morgan fingerprint density at radius 3 is 2.92 bits per heavy atom. The third-order valence-electron chi connectivity index (χ3n) is 9.96. The summed E-state index contributed by atoms with van der Waals surface area (Å²) in [6, 6.07) is 0.0400. The van der Waals surface area contributed by atoms with E-state index in [-0.39, 0.29) is 53.1 Å². The van der Waals surface area contributed by atoms with Gasteiger partial charge in [0.25, 0.3) is 0 Å². The summed E-state index contributed by atoms with van der Waals surface area (Å²) in [6.07, 6.45) is 15.4. The second kappa shape index (κ2) is 7.40. The number of hydrogen-bond acceptors (Lipinski definition) is 8. The van der Waals surface area contributed by atoms with Gasteiger partial charge in [-0.25, -0.2) is 4.99 Å². The molecule has 0 aromatic carbocycles. The SMILES string of the molecule is CC12C=CC(=O)C=C1CCC1C2C(=O)CC2(C)C1CC1=CO[C@]12C(=O)CSC1=NC2N=CC=CC2N1. The molecule has 1 N–H and O–H groups in total. The normalized spacial score (nSPS) is 45.1. The first-order valence-corrected chi connectivity index (χ1v) is 13.8. The minimum atomic E-state index is -1.02. The second-order valence-corrected chi connectivity index (χ2v) is 12.6. The zero-order valence-corrected chi connectivity index (χ0v) is 21.2. The molecule has 8 heteroatoms. The fourth-order valence-electron chi connectivity index (χ4n) is 8.26. The fourth-order valence-corrected chi connectivity index (χ4v) is 9.14. The van der Waals surface area contributed by atoms with Gasteiger partial charge in [-0.2, -0.15) is 0 Å². The number of allylic oxidation sites excluding steroid dienone is 5. The quantitative estimate of drug-likeness (QED) is 0.635. The Labute approximate surface area is 214 Å². The predicted octanol–water partition coefficient (Wildman–Crippen LogP) is 3.33. The van der Waals surface area contributed by atoms with Crippen LogP contribution < -0.4 is 5.32 Å². The van der Waals surface area contributed by atoms with Crippen LogP contribution in [0, 0.1) is 28.6 Å². The van der Waals surface area contributed by atoms with Crippen LogP contribution in [0.3, 0.4) is 0 Å². The Morgan fingerprint density at radius 1 is 1.28 bits per heavy atom. The van der Waals surface area contributed by atoms with Crippen molar-refractivity contribution in [1.82, 2.24) is 5.32 Å². The van der Waals surface area contributed by atoms with E-state index in [1.807, 2.05) is 18.2 Å². The molecule has 0 aromatic heterocycles. The summed E-state index contributed by atoms with van der Waals surface area (Å²) >= 11 is 1.40. The Kier molecular flexibility index (Phi) is 4.62. The maximum atomic E-state index is 13.9. The number of thioether (sulfide) groups is 1. The van der Waals surface area contributed by atoms with Crippen LogP contribution >= 0.6 is 11.8 Å². The molecule has 8 atom stereocenters. The molecule has 0 saturated heterocycles. The maximum Gasteiger partial charge on any atom is 0.197 e. The number of carbonyl (C=O) groups is 3. The Morgan fingerprint density at radius 2 is 2.14 bits per heavy atom. The molecule has 4 aliphatic carbocycles. The van der Waals surface area contributed by atoms with Crippen LogP contribution in [0.25, 0.3) is 0 Å². The lowest BCUT2D eigenvalue weighted by Crippen LogP contribution is -2.63. The number of Topliss-reactive ketones (excluding diaryl/α,β-unsaturated/α-hetero) is 2. The molecule has 7 aliphatic rings. The van der Waals surface area contributed by atoms with Crippen molar-refractivity contribution in [3.8, 4) is 0 Å². The smallest absolute Gasteiger partial charge is 0.197 e. The summed E-state index contributed by atoms with van der Waals surface area (Å²) in [5.74, 6) is 0.652. The van der Waals surface area contributed by atoms with Crippen molar-refractivity contribution < 1.29 is 19.1 Å². The number of amidine groups is 1. The van der Waals surface area contributed by atoms with Gasteiger partial charge in [0, 0.05) is 35.0 Å². The lowest BCUT2D eigenvalue weighted by atomic mass is 9.46. The number of carbonyl (C=O) groups excluding carboxylic acids is 3. The summed E-state index contributed by atoms with van der Waals surface area (Å²) < 4.78 is 6.12. The van der Waals surface area contributed by atoms with Crippen molar-refractivity contribution >= 4 is 40.5 Å². The van der Waals surface area contributed by atoms with Crippen molar-refractivity contribution in [3.05, 3.63) is 47.8 Å². The van der Waals surface area contributed by atoms with Gasteiger partial charge in [-0.15, -0.1) is 0 Å². The van der Waals surface area contributed by atoms with Crippen molar-refractivity contribution in [2.45, 2.75) is 57.3 Å². The fraction of sp³-hybridized carbons (Fsp3) is 0.536. The van der Waals surface area contributed by atoms with Gasteiger partial charge in [-0.3, -0.25) is 19.4 Å². The van der Waals surface area contributed by atoms with Crippen molar-refractivity contribution in [1.29, 1.82) is 0 Å².